The van der Waals surface area contributed by atoms with Gasteiger partial charge in [-0.1, -0.05) is 18.1 Å². The van der Waals surface area contributed by atoms with Crippen LogP contribution in [-0.2, 0) is 0 Å². The molecule has 1 fully saturated rings. The number of nitrogens with zero attached hydrogens (tertiary/aromatic N) is 1. The van der Waals surface area contributed by atoms with Gasteiger partial charge in [-0.3, -0.25) is 4.79 Å². The molecule has 0 saturated heterocycles. The molecule has 0 aliphatic heterocycles. The fourth-order valence-electron chi connectivity index (χ4n) is 1.75. The number of halogens is 1. The van der Waals surface area contributed by atoms with Gasteiger partial charge in [0, 0.05) is 6.54 Å². The van der Waals surface area contributed by atoms with Gasteiger partial charge in [0.05, 0.1) is 12.1 Å². The van der Waals surface area contributed by atoms with Crippen LogP contribution in [0, 0.1) is 24.1 Å². The first-order valence-electron chi connectivity index (χ1n) is 5.69. The van der Waals surface area contributed by atoms with E-state index >= 15 is 0 Å². The molecule has 1 aromatic carbocycles. The molecule has 0 radical (unpaired) electrons. The molecule has 0 bridgehead atoms. The summed E-state index contributed by atoms with van der Waals surface area (Å²) in [6.07, 6.45) is 7.50. The normalized spacial score (nSPS) is 14.1. The summed E-state index contributed by atoms with van der Waals surface area (Å²) in [5, 5.41) is 0. The van der Waals surface area contributed by atoms with Crippen molar-refractivity contribution in [1.29, 1.82) is 0 Å². The van der Waals surface area contributed by atoms with Gasteiger partial charge in [0.25, 0.3) is 5.91 Å². The Balaban J connectivity index is 2.15. The van der Waals surface area contributed by atoms with Gasteiger partial charge < -0.3 is 4.90 Å². The molecule has 0 aromatic heterocycles. The predicted molar refractivity (Wildman–Crippen MR) is 63.9 cm³/mol. The predicted octanol–water partition coefficient (Wildman–Crippen LogP) is 2.31. The molecule has 2 nitrogen and oxygen atoms in total. The molecule has 3 heteroatoms. The van der Waals surface area contributed by atoms with Gasteiger partial charge in [-0.05, 0) is 30.9 Å². The second-order valence-corrected chi connectivity index (χ2v) is 4.31. The zero-order valence-electron chi connectivity index (χ0n) is 9.53. The van der Waals surface area contributed by atoms with E-state index in [-0.39, 0.29) is 18.0 Å². The fourth-order valence-corrected chi connectivity index (χ4v) is 1.75. The number of amides is 1. The van der Waals surface area contributed by atoms with Crippen molar-refractivity contribution < 1.29 is 9.18 Å². The number of carbonyl (C=O) groups is 1. The first-order chi connectivity index (χ1) is 8.22. The molecule has 1 aliphatic rings. The Bertz CT molecular complexity index is 460. The Labute approximate surface area is 100 Å². The Morgan fingerprint density at radius 1 is 1.47 bits per heavy atom. The van der Waals surface area contributed by atoms with Crippen LogP contribution in [0.2, 0.25) is 0 Å². The third kappa shape index (κ3) is 2.85. The average molecular weight is 231 g/mol. The van der Waals surface area contributed by atoms with Crippen LogP contribution >= 0.6 is 0 Å². The number of rotatable bonds is 4. The maximum absolute atomic E-state index is 13.5. The summed E-state index contributed by atoms with van der Waals surface area (Å²) >= 11 is 0. The highest BCUT2D eigenvalue weighted by molar-refractivity contribution is 5.94. The minimum absolute atomic E-state index is 0.100. The second-order valence-electron chi connectivity index (χ2n) is 4.31. The third-order valence-electron chi connectivity index (χ3n) is 2.85. The summed E-state index contributed by atoms with van der Waals surface area (Å²) in [4.78, 5) is 13.7. The largest absolute Gasteiger partial charge is 0.327 e. The van der Waals surface area contributed by atoms with Crippen LogP contribution in [0.3, 0.4) is 0 Å². The molecule has 88 valence electrons. The first-order valence-corrected chi connectivity index (χ1v) is 5.69. The maximum Gasteiger partial charge on any atom is 0.257 e. The van der Waals surface area contributed by atoms with Gasteiger partial charge in [-0.2, -0.15) is 0 Å². The zero-order chi connectivity index (χ0) is 12.3. The number of hydrogen-bond acceptors (Lipinski definition) is 1. The van der Waals surface area contributed by atoms with Crippen molar-refractivity contribution in [3.63, 3.8) is 0 Å². The molecule has 1 saturated carbocycles. The first kappa shape index (κ1) is 11.7. The third-order valence-corrected chi connectivity index (χ3v) is 2.85. The topological polar surface area (TPSA) is 20.3 Å². The van der Waals surface area contributed by atoms with Crippen LogP contribution < -0.4 is 0 Å². The van der Waals surface area contributed by atoms with Gasteiger partial charge in [-0.25, -0.2) is 4.39 Å². The van der Waals surface area contributed by atoms with Gasteiger partial charge in [-0.15, -0.1) is 6.42 Å². The van der Waals surface area contributed by atoms with Gasteiger partial charge in [0.1, 0.15) is 5.82 Å². The number of hydrogen-bond donors (Lipinski definition) is 0. The number of terminal acetylenes is 1. The minimum atomic E-state index is -0.490. The van der Waals surface area contributed by atoms with Gasteiger partial charge in [0.2, 0.25) is 0 Å². The van der Waals surface area contributed by atoms with E-state index in [9.17, 15) is 9.18 Å². The molecule has 0 spiro atoms. The molecular weight excluding hydrogens is 217 g/mol. The summed E-state index contributed by atoms with van der Waals surface area (Å²) in [6.45, 7) is 0.876. The lowest BCUT2D eigenvalue weighted by Gasteiger charge is -2.20. The molecule has 1 aliphatic carbocycles. The van der Waals surface area contributed by atoms with Crippen LogP contribution in [0.1, 0.15) is 23.2 Å². The molecule has 17 heavy (non-hydrogen) atoms. The molecule has 0 unspecified atom stereocenters. The highest BCUT2D eigenvalue weighted by atomic mass is 19.1. The smallest absolute Gasteiger partial charge is 0.257 e. The lowest BCUT2D eigenvalue weighted by Crippen LogP contribution is -2.33. The van der Waals surface area contributed by atoms with Gasteiger partial charge in [0.15, 0.2) is 0 Å². The molecule has 1 amide bonds. The van der Waals surface area contributed by atoms with Crippen LogP contribution in [0.4, 0.5) is 4.39 Å². The molecular formula is C14H14FNO. The van der Waals surface area contributed by atoms with Crippen LogP contribution in [0.5, 0.6) is 0 Å². The Kier molecular flexibility index (Phi) is 3.43. The van der Waals surface area contributed by atoms with E-state index in [1.54, 1.807) is 17.0 Å². The Morgan fingerprint density at radius 3 is 2.76 bits per heavy atom. The molecule has 2 rings (SSSR count). The van der Waals surface area contributed by atoms with E-state index in [1.165, 1.54) is 12.1 Å². The highest BCUT2D eigenvalue weighted by Crippen LogP contribution is 2.30. The summed E-state index contributed by atoms with van der Waals surface area (Å²) in [5.41, 5.74) is 0.100. The lowest BCUT2D eigenvalue weighted by molar-refractivity contribution is 0.0765. The summed E-state index contributed by atoms with van der Waals surface area (Å²) < 4.78 is 13.5. The molecule has 0 N–H and O–H groups in total. The van der Waals surface area contributed by atoms with Crippen LogP contribution in [-0.4, -0.2) is 23.9 Å². The van der Waals surface area contributed by atoms with Crippen molar-refractivity contribution in [2.75, 3.05) is 13.1 Å². The van der Waals surface area contributed by atoms with E-state index < -0.39 is 5.82 Å². The van der Waals surface area contributed by atoms with E-state index in [1.807, 2.05) is 0 Å². The van der Waals surface area contributed by atoms with Crippen molar-refractivity contribution in [3.05, 3.63) is 35.6 Å². The number of carbonyl (C=O) groups excluding carboxylic acids is 1. The molecule has 1 aromatic rings. The van der Waals surface area contributed by atoms with Crippen molar-refractivity contribution in [3.8, 4) is 12.3 Å². The van der Waals surface area contributed by atoms with Crippen molar-refractivity contribution >= 4 is 5.91 Å². The standard InChI is InChI=1S/C14H14FNO/c1-2-9-16(10-11-7-8-11)14(17)12-5-3-4-6-13(12)15/h1,3-6,11H,7-10H2. The maximum atomic E-state index is 13.5. The quantitative estimate of drug-likeness (QED) is 0.728. The van der Waals surface area contributed by atoms with E-state index in [2.05, 4.69) is 5.92 Å². The summed E-state index contributed by atoms with van der Waals surface area (Å²) in [7, 11) is 0. The summed E-state index contributed by atoms with van der Waals surface area (Å²) in [5.74, 6) is 2.19. The Hall–Kier alpha value is -1.82. The SMILES string of the molecule is C#CCN(CC1CC1)C(=O)c1ccccc1F. The number of benzene rings is 1. The van der Waals surface area contributed by atoms with Crippen molar-refractivity contribution in [2.45, 2.75) is 12.8 Å². The second kappa shape index (κ2) is 5.01. The summed E-state index contributed by atoms with van der Waals surface area (Å²) in [6, 6.07) is 6.01. The van der Waals surface area contributed by atoms with Crippen LogP contribution in [0.25, 0.3) is 0 Å². The van der Waals surface area contributed by atoms with Crippen LogP contribution in [0.15, 0.2) is 24.3 Å². The lowest BCUT2D eigenvalue weighted by atomic mass is 10.1. The van der Waals surface area contributed by atoms with E-state index in [4.69, 9.17) is 6.42 Å². The minimum Gasteiger partial charge on any atom is -0.327 e. The monoisotopic (exact) mass is 231 g/mol. The van der Waals surface area contributed by atoms with Crippen molar-refractivity contribution in [2.24, 2.45) is 5.92 Å². The van der Waals surface area contributed by atoms with Crippen molar-refractivity contribution in [1.82, 2.24) is 4.90 Å². The average Bonchev–Trinajstić information content (AvgIpc) is 3.12. The zero-order valence-corrected chi connectivity index (χ0v) is 9.53. The molecule has 0 heterocycles. The fraction of sp³-hybridized carbons (Fsp3) is 0.357. The Morgan fingerprint density at radius 2 is 2.18 bits per heavy atom. The molecule has 0 atom stereocenters. The van der Waals surface area contributed by atoms with E-state index in [0.717, 1.165) is 12.8 Å². The van der Waals surface area contributed by atoms with E-state index in [0.29, 0.717) is 12.5 Å². The van der Waals surface area contributed by atoms with Gasteiger partial charge >= 0.3 is 0 Å². The highest BCUT2D eigenvalue weighted by Gasteiger charge is 2.27.